The number of anilines is 1. The molecule has 0 heterocycles. The fourth-order valence-electron chi connectivity index (χ4n) is 1.30. The van der Waals surface area contributed by atoms with Gasteiger partial charge in [-0.25, -0.2) is 4.79 Å². The van der Waals surface area contributed by atoms with Gasteiger partial charge in [0.15, 0.2) is 5.60 Å². The van der Waals surface area contributed by atoms with Gasteiger partial charge in [0.1, 0.15) is 0 Å². The molecule has 0 aliphatic carbocycles. The zero-order valence-corrected chi connectivity index (χ0v) is 11.0. The first kappa shape index (κ1) is 13.9. The Morgan fingerprint density at radius 1 is 1.59 bits per heavy atom. The second kappa shape index (κ2) is 5.93. The highest BCUT2D eigenvalue weighted by atomic mass is 32.2. The van der Waals surface area contributed by atoms with Gasteiger partial charge in [0.25, 0.3) is 0 Å². The lowest BCUT2D eigenvalue weighted by molar-refractivity contribution is -0.158. The number of hydrogen-bond donors (Lipinski definition) is 2. The van der Waals surface area contributed by atoms with E-state index >= 15 is 0 Å². The Balaban J connectivity index is 2.63. The van der Waals surface area contributed by atoms with Crippen LogP contribution >= 0.6 is 11.8 Å². The summed E-state index contributed by atoms with van der Waals surface area (Å²) in [5.74, 6) is -0.647. The van der Waals surface area contributed by atoms with Gasteiger partial charge in [-0.1, -0.05) is 6.07 Å². The van der Waals surface area contributed by atoms with Gasteiger partial charge in [0.05, 0.1) is 13.7 Å². The largest absolute Gasteiger partial charge is 0.467 e. The van der Waals surface area contributed by atoms with Crippen LogP contribution < -0.4 is 5.32 Å². The van der Waals surface area contributed by atoms with Crippen LogP contribution in [0.5, 0.6) is 0 Å². The summed E-state index contributed by atoms with van der Waals surface area (Å²) in [6, 6.07) is 7.75. The SMILES string of the molecule is COC(=O)C(C)(O)CNc1cccc(SC)c1. The maximum absolute atomic E-state index is 11.3. The molecule has 17 heavy (non-hydrogen) atoms. The Labute approximate surface area is 105 Å². The zero-order valence-electron chi connectivity index (χ0n) is 10.2. The van der Waals surface area contributed by atoms with Gasteiger partial charge in [0, 0.05) is 10.6 Å². The van der Waals surface area contributed by atoms with Crippen molar-refractivity contribution in [3.05, 3.63) is 24.3 Å². The highest BCUT2D eigenvalue weighted by Gasteiger charge is 2.31. The number of carbonyl (C=O) groups excluding carboxylic acids is 1. The summed E-state index contributed by atoms with van der Waals surface area (Å²) < 4.78 is 4.52. The van der Waals surface area contributed by atoms with Crippen LogP contribution in [0.25, 0.3) is 0 Å². The van der Waals surface area contributed by atoms with Crippen LogP contribution in [0.15, 0.2) is 29.2 Å². The lowest BCUT2D eigenvalue weighted by Crippen LogP contribution is -2.42. The summed E-state index contributed by atoms with van der Waals surface area (Å²) in [5.41, 5.74) is -0.662. The number of carbonyl (C=O) groups is 1. The molecule has 0 aliphatic heterocycles. The van der Waals surface area contributed by atoms with Crippen LogP contribution in [0.4, 0.5) is 5.69 Å². The minimum Gasteiger partial charge on any atom is -0.467 e. The predicted molar refractivity (Wildman–Crippen MR) is 69.4 cm³/mol. The standard InChI is InChI=1S/C12H17NO3S/c1-12(15,11(14)16-2)8-13-9-5-4-6-10(7-9)17-3/h4-7,13,15H,8H2,1-3H3. The lowest BCUT2D eigenvalue weighted by Gasteiger charge is -2.21. The second-order valence-electron chi connectivity index (χ2n) is 3.85. The molecule has 0 aromatic heterocycles. The highest BCUT2D eigenvalue weighted by Crippen LogP contribution is 2.19. The summed E-state index contributed by atoms with van der Waals surface area (Å²) in [6.45, 7) is 1.53. The van der Waals surface area contributed by atoms with E-state index in [1.54, 1.807) is 11.8 Å². The van der Waals surface area contributed by atoms with Crippen molar-refractivity contribution >= 4 is 23.4 Å². The molecule has 0 bridgehead atoms. The van der Waals surface area contributed by atoms with E-state index in [9.17, 15) is 9.90 Å². The van der Waals surface area contributed by atoms with Crippen LogP contribution in [-0.2, 0) is 9.53 Å². The summed E-state index contributed by atoms with van der Waals surface area (Å²) >= 11 is 1.63. The van der Waals surface area contributed by atoms with Crippen molar-refractivity contribution in [2.75, 3.05) is 25.2 Å². The maximum atomic E-state index is 11.3. The Bertz CT molecular complexity index is 393. The Kier molecular flexibility index (Phi) is 4.84. The summed E-state index contributed by atoms with van der Waals surface area (Å²) in [6.07, 6.45) is 1.99. The molecule has 0 aliphatic rings. The molecule has 1 atom stereocenters. The van der Waals surface area contributed by atoms with Crippen LogP contribution in [0.1, 0.15) is 6.92 Å². The van der Waals surface area contributed by atoms with Crippen molar-refractivity contribution in [2.24, 2.45) is 0 Å². The fourth-order valence-corrected chi connectivity index (χ4v) is 1.76. The molecular formula is C12H17NO3S. The van der Waals surface area contributed by atoms with Crippen molar-refractivity contribution in [3.63, 3.8) is 0 Å². The number of methoxy groups -OCH3 is 1. The molecule has 0 spiro atoms. The molecule has 1 aromatic rings. The van der Waals surface area contributed by atoms with Gasteiger partial charge in [-0.2, -0.15) is 0 Å². The van der Waals surface area contributed by atoms with Crippen molar-refractivity contribution in [2.45, 2.75) is 17.4 Å². The molecule has 4 nitrogen and oxygen atoms in total. The van der Waals surface area contributed by atoms with Crippen LogP contribution in [0.3, 0.4) is 0 Å². The summed E-state index contributed by atoms with van der Waals surface area (Å²) in [5, 5.41) is 12.8. The van der Waals surface area contributed by atoms with E-state index in [1.807, 2.05) is 30.5 Å². The fraction of sp³-hybridized carbons (Fsp3) is 0.417. The third kappa shape index (κ3) is 3.94. The smallest absolute Gasteiger partial charge is 0.339 e. The number of hydrogen-bond acceptors (Lipinski definition) is 5. The predicted octanol–water partition coefficient (Wildman–Crippen LogP) is 1.74. The average Bonchev–Trinajstić information content (AvgIpc) is 2.35. The molecule has 1 rings (SSSR count). The van der Waals surface area contributed by atoms with E-state index in [0.717, 1.165) is 10.6 Å². The molecule has 0 saturated carbocycles. The molecule has 1 unspecified atom stereocenters. The molecule has 94 valence electrons. The second-order valence-corrected chi connectivity index (χ2v) is 4.73. The number of esters is 1. The third-order valence-electron chi connectivity index (χ3n) is 2.33. The number of aliphatic hydroxyl groups is 1. The quantitative estimate of drug-likeness (QED) is 0.620. The van der Waals surface area contributed by atoms with Crippen molar-refractivity contribution < 1.29 is 14.6 Å². The molecule has 2 N–H and O–H groups in total. The van der Waals surface area contributed by atoms with Crippen LogP contribution in [-0.4, -0.2) is 36.6 Å². The molecule has 0 amide bonds. The van der Waals surface area contributed by atoms with E-state index in [2.05, 4.69) is 10.1 Å². The first-order valence-corrected chi connectivity index (χ1v) is 6.41. The van der Waals surface area contributed by atoms with Crippen molar-refractivity contribution in [3.8, 4) is 0 Å². The van der Waals surface area contributed by atoms with E-state index in [1.165, 1.54) is 14.0 Å². The average molecular weight is 255 g/mol. The first-order valence-electron chi connectivity index (χ1n) is 5.18. The molecule has 0 radical (unpaired) electrons. The van der Waals surface area contributed by atoms with Crippen LogP contribution in [0.2, 0.25) is 0 Å². The summed E-state index contributed by atoms with van der Waals surface area (Å²) in [4.78, 5) is 12.4. The number of ether oxygens (including phenoxy) is 1. The molecule has 5 heteroatoms. The van der Waals surface area contributed by atoms with Crippen molar-refractivity contribution in [1.29, 1.82) is 0 Å². The van der Waals surface area contributed by atoms with Gasteiger partial charge in [-0.3, -0.25) is 0 Å². The van der Waals surface area contributed by atoms with Gasteiger partial charge < -0.3 is 15.2 Å². The van der Waals surface area contributed by atoms with Gasteiger partial charge in [-0.05, 0) is 31.4 Å². The molecule has 0 fully saturated rings. The maximum Gasteiger partial charge on any atom is 0.339 e. The van der Waals surface area contributed by atoms with Crippen LogP contribution in [0, 0.1) is 0 Å². The number of thioether (sulfide) groups is 1. The zero-order chi connectivity index (χ0) is 12.9. The molecule has 0 saturated heterocycles. The summed E-state index contributed by atoms with van der Waals surface area (Å²) in [7, 11) is 1.26. The Hall–Kier alpha value is -1.20. The van der Waals surface area contributed by atoms with Gasteiger partial charge in [-0.15, -0.1) is 11.8 Å². The number of nitrogens with one attached hydrogen (secondary N) is 1. The Morgan fingerprint density at radius 3 is 2.88 bits per heavy atom. The lowest BCUT2D eigenvalue weighted by atomic mass is 10.1. The topological polar surface area (TPSA) is 58.6 Å². The minimum absolute atomic E-state index is 0.109. The Morgan fingerprint density at radius 2 is 2.29 bits per heavy atom. The van der Waals surface area contributed by atoms with E-state index < -0.39 is 11.6 Å². The minimum atomic E-state index is -1.52. The first-order chi connectivity index (χ1) is 7.99. The normalized spacial score (nSPS) is 13.9. The monoisotopic (exact) mass is 255 g/mol. The van der Waals surface area contributed by atoms with E-state index in [4.69, 9.17) is 0 Å². The molecule has 1 aromatic carbocycles. The third-order valence-corrected chi connectivity index (χ3v) is 3.06. The number of benzene rings is 1. The van der Waals surface area contributed by atoms with Crippen molar-refractivity contribution in [1.82, 2.24) is 0 Å². The van der Waals surface area contributed by atoms with Gasteiger partial charge >= 0.3 is 5.97 Å². The van der Waals surface area contributed by atoms with E-state index in [-0.39, 0.29) is 6.54 Å². The molecular weight excluding hydrogens is 238 g/mol. The highest BCUT2D eigenvalue weighted by molar-refractivity contribution is 7.98. The van der Waals surface area contributed by atoms with E-state index in [0.29, 0.717) is 0 Å². The van der Waals surface area contributed by atoms with Gasteiger partial charge in [0.2, 0.25) is 0 Å². The number of rotatable bonds is 5.